The summed E-state index contributed by atoms with van der Waals surface area (Å²) in [6.07, 6.45) is 3.15. The minimum absolute atomic E-state index is 0.181. The summed E-state index contributed by atoms with van der Waals surface area (Å²) in [6, 6.07) is 26.4. The van der Waals surface area contributed by atoms with Crippen LogP contribution in [0.15, 0.2) is 94.4 Å². The van der Waals surface area contributed by atoms with Gasteiger partial charge in [-0.05, 0) is 35.7 Å². The van der Waals surface area contributed by atoms with Crippen LogP contribution in [0.2, 0.25) is 0 Å². The molecule has 166 valence electrons. The van der Waals surface area contributed by atoms with Gasteiger partial charge in [-0.15, -0.1) is 0 Å². The zero-order valence-electron chi connectivity index (χ0n) is 18.5. The SMILES string of the molecule is O=C(CN1CCN(C2=Nc3ccc(Br)cc3CC=C2c2ccccc2)CC1)c1ccccc1. The lowest BCUT2D eigenvalue weighted by molar-refractivity contribution is 0.0897. The molecule has 5 heteroatoms. The molecule has 0 aromatic heterocycles. The normalized spacial score (nSPS) is 16.5. The number of aliphatic imine (C=N–C) groups is 1. The number of carbonyl (C=O) groups is 1. The van der Waals surface area contributed by atoms with Crippen molar-refractivity contribution in [2.24, 2.45) is 4.99 Å². The molecule has 33 heavy (non-hydrogen) atoms. The molecular weight excluding hydrogens is 474 g/mol. The number of Topliss-reactive ketones (excluding diaryl/α,β-unsaturated/α-hetero) is 1. The molecule has 2 aliphatic rings. The molecule has 3 aromatic carbocycles. The van der Waals surface area contributed by atoms with Crippen molar-refractivity contribution in [2.45, 2.75) is 6.42 Å². The largest absolute Gasteiger partial charge is 0.354 e. The first-order chi connectivity index (χ1) is 16.2. The van der Waals surface area contributed by atoms with Crippen LogP contribution >= 0.6 is 15.9 Å². The van der Waals surface area contributed by atoms with Crippen LogP contribution in [0.4, 0.5) is 5.69 Å². The van der Waals surface area contributed by atoms with Gasteiger partial charge in [0, 0.05) is 41.8 Å². The highest BCUT2D eigenvalue weighted by molar-refractivity contribution is 9.10. The van der Waals surface area contributed by atoms with Crippen LogP contribution in [0.1, 0.15) is 21.5 Å². The molecule has 0 atom stereocenters. The van der Waals surface area contributed by atoms with Crippen molar-refractivity contribution in [2.75, 3.05) is 32.7 Å². The molecule has 2 aliphatic heterocycles. The van der Waals surface area contributed by atoms with Crippen molar-refractivity contribution in [1.82, 2.24) is 9.80 Å². The number of hydrogen-bond donors (Lipinski definition) is 0. The van der Waals surface area contributed by atoms with Crippen molar-refractivity contribution in [1.29, 1.82) is 0 Å². The van der Waals surface area contributed by atoms with E-state index in [2.05, 4.69) is 74.3 Å². The van der Waals surface area contributed by atoms with Crippen LogP contribution in [0, 0.1) is 0 Å². The molecule has 3 aromatic rings. The topological polar surface area (TPSA) is 35.9 Å². The van der Waals surface area contributed by atoms with Gasteiger partial charge in [-0.3, -0.25) is 9.69 Å². The maximum atomic E-state index is 12.7. The lowest BCUT2D eigenvalue weighted by Gasteiger charge is -2.36. The summed E-state index contributed by atoms with van der Waals surface area (Å²) < 4.78 is 1.08. The predicted octanol–water partition coefficient (Wildman–Crippen LogP) is 5.62. The first kappa shape index (κ1) is 21.8. The molecule has 0 spiro atoms. The highest BCUT2D eigenvalue weighted by Gasteiger charge is 2.25. The summed E-state index contributed by atoms with van der Waals surface area (Å²) in [5.41, 5.74) is 5.39. The standard InChI is InChI=1S/C28H26BrN3O/c29-24-12-14-26-23(19-24)11-13-25(21-7-3-1-4-8-21)28(30-26)32-17-15-31(16-18-32)20-27(33)22-9-5-2-6-10-22/h1-10,12-14,19H,11,15-18,20H2. The molecule has 5 rings (SSSR count). The second-order valence-electron chi connectivity index (χ2n) is 8.45. The van der Waals surface area contributed by atoms with Crippen LogP contribution in [-0.2, 0) is 6.42 Å². The van der Waals surface area contributed by atoms with Crippen LogP contribution < -0.4 is 0 Å². The molecule has 0 bridgehead atoms. The number of carbonyl (C=O) groups excluding carboxylic acids is 1. The van der Waals surface area contributed by atoms with E-state index in [1.165, 1.54) is 16.7 Å². The maximum Gasteiger partial charge on any atom is 0.176 e. The Hall–Kier alpha value is -3.02. The molecule has 0 amide bonds. The van der Waals surface area contributed by atoms with Crippen molar-refractivity contribution in [3.8, 4) is 0 Å². The van der Waals surface area contributed by atoms with E-state index >= 15 is 0 Å². The summed E-state index contributed by atoms with van der Waals surface area (Å²) in [5, 5.41) is 0. The summed E-state index contributed by atoms with van der Waals surface area (Å²) in [4.78, 5) is 22.4. The van der Waals surface area contributed by atoms with E-state index in [9.17, 15) is 4.79 Å². The quantitative estimate of drug-likeness (QED) is 0.437. The second kappa shape index (κ2) is 9.86. The fraction of sp³-hybridized carbons (Fsp3) is 0.214. The Labute approximate surface area is 203 Å². The third kappa shape index (κ3) is 5.00. The molecule has 0 unspecified atom stereocenters. The number of allylic oxidation sites excluding steroid dienone is 1. The van der Waals surface area contributed by atoms with Gasteiger partial charge in [0.2, 0.25) is 0 Å². The van der Waals surface area contributed by atoms with E-state index < -0.39 is 0 Å². The fourth-order valence-electron chi connectivity index (χ4n) is 4.45. The highest BCUT2D eigenvalue weighted by Crippen LogP contribution is 2.32. The molecule has 1 saturated heterocycles. The monoisotopic (exact) mass is 499 g/mol. The molecule has 2 heterocycles. The predicted molar refractivity (Wildman–Crippen MR) is 138 cm³/mol. The lowest BCUT2D eigenvalue weighted by atomic mass is 10.0. The van der Waals surface area contributed by atoms with Crippen LogP contribution in [0.3, 0.4) is 0 Å². The zero-order chi connectivity index (χ0) is 22.6. The molecule has 0 radical (unpaired) electrons. The Morgan fingerprint density at radius 2 is 1.58 bits per heavy atom. The zero-order valence-corrected chi connectivity index (χ0v) is 20.0. The summed E-state index contributed by atoms with van der Waals surface area (Å²) >= 11 is 3.60. The number of amidine groups is 1. The first-order valence-electron chi connectivity index (χ1n) is 11.4. The third-order valence-electron chi connectivity index (χ3n) is 6.25. The Kier molecular flexibility index (Phi) is 6.51. The van der Waals surface area contributed by atoms with Crippen molar-refractivity contribution in [3.63, 3.8) is 0 Å². The van der Waals surface area contributed by atoms with Gasteiger partial charge in [0.1, 0.15) is 5.84 Å². The number of fused-ring (bicyclic) bond motifs is 1. The average molecular weight is 500 g/mol. The molecule has 4 nitrogen and oxygen atoms in total. The van der Waals surface area contributed by atoms with Crippen molar-refractivity contribution in [3.05, 3.63) is 106 Å². The number of hydrogen-bond acceptors (Lipinski definition) is 4. The highest BCUT2D eigenvalue weighted by atomic mass is 79.9. The average Bonchev–Trinajstić information content (AvgIpc) is 3.05. The van der Waals surface area contributed by atoms with Crippen molar-refractivity contribution >= 4 is 38.8 Å². The van der Waals surface area contributed by atoms with Gasteiger partial charge >= 0.3 is 0 Å². The number of piperazine rings is 1. The Balaban J connectivity index is 1.37. The number of benzene rings is 3. The molecule has 0 saturated carbocycles. The van der Waals surface area contributed by atoms with E-state index in [0.717, 1.165) is 54.2 Å². The number of ketones is 1. The summed E-state index contributed by atoms with van der Waals surface area (Å²) in [6.45, 7) is 3.83. The molecular formula is C28H26BrN3O. The summed E-state index contributed by atoms with van der Waals surface area (Å²) in [7, 11) is 0. The van der Waals surface area contributed by atoms with E-state index in [-0.39, 0.29) is 5.78 Å². The van der Waals surface area contributed by atoms with Gasteiger partial charge < -0.3 is 4.90 Å². The van der Waals surface area contributed by atoms with Gasteiger partial charge in [0.25, 0.3) is 0 Å². The van der Waals surface area contributed by atoms with Crippen LogP contribution in [-0.4, -0.2) is 54.1 Å². The third-order valence-corrected chi connectivity index (χ3v) is 6.75. The summed E-state index contributed by atoms with van der Waals surface area (Å²) in [5.74, 6) is 1.21. The van der Waals surface area contributed by atoms with E-state index in [1.54, 1.807) is 0 Å². The number of rotatable bonds is 4. The van der Waals surface area contributed by atoms with Gasteiger partial charge in [-0.2, -0.15) is 0 Å². The molecule has 1 fully saturated rings. The molecule has 0 N–H and O–H groups in total. The fourth-order valence-corrected chi connectivity index (χ4v) is 4.85. The Bertz CT molecular complexity index is 1200. The molecule has 0 aliphatic carbocycles. The first-order valence-corrected chi connectivity index (χ1v) is 12.2. The number of nitrogens with zero attached hydrogens (tertiary/aromatic N) is 3. The Morgan fingerprint density at radius 3 is 2.30 bits per heavy atom. The smallest absolute Gasteiger partial charge is 0.176 e. The van der Waals surface area contributed by atoms with Crippen LogP contribution in [0.5, 0.6) is 0 Å². The van der Waals surface area contributed by atoms with Crippen LogP contribution in [0.25, 0.3) is 5.57 Å². The van der Waals surface area contributed by atoms with Gasteiger partial charge in [-0.25, -0.2) is 4.99 Å². The minimum Gasteiger partial charge on any atom is -0.354 e. The maximum absolute atomic E-state index is 12.7. The Morgan fingerprint density at radius 1 is 0.879 bits per heavy atom. The van der Waals surface area contributed by atoms with Crippen molar-refractivity contribution < 1.29 is 4.79 Å². The lowest BCUT2D eigenvalue weighted by Crippen LogP contribution is -2.50. The van der Waals surface area contributed by atoms with Gasteiger partial charge in [0.15, 0.2) is 5.78 Å². The van der Waals surface area contributed by atoms with E-state index in [4.69, 9.17) is 4.99 Å². The van der Waals surface area contributed by atoms with Gasteiger partial charge in [0.05, 0.1) is 12.2 Å². The van der Waals surface area contributed by atoms with E-state index in [1.807, 2.05) is 36.4 Å². The van der Waals surface area contributed by atoms with Gasteiger partial charge in [-0.1, -0.05) is 82.7 Å². The minimum atomic E-state index is 0.181. The second-order valence-corrected chi connectivity index (χ2v) is 9.36. The number of halogens is 1. The van der Waals surface area contributed by atoms with E-state index in [0.29, 0.717) is 6.54 Å².